The van der Waals surface area contributed by atoms with Gasteiger partial charge in [0, 0.05) is 53.9 Å². The molecule has 1 aliphatic rings. The van der Waals surface area contributed by atoms with E-state index in [1.54, 1.807) is 18.3 Å². The summed E-state index contributed by atoms with van der Waals surface area (Å²) in [6, 6.07) is 19.5. The van der Waals surface area contributed by atoms with E-state index in [2.05, 4.69) is 41.5 Å². The number of nitrogens with one attached hydrogen (secondary N) is 1. The highest BCUT2D eigenvalue weighted by molar-refractivity contribution is 7.88. The molecule has 0 bridgehead atoms. The van der Waals surface area contributed by atoms with Gasteiger partial charge < -0.3 is 5.32 Å². The molecule has 1 atom stereocenters. The third-order valence-electron chi connectivity index (χ3n) is 5.32. The maximum absolute atomic E-state index is 11.2. The lowest BCUT2D eigenvalue weighted by Gasteiger charge is -2.31. The molecule has 1 N–H and O–H groups in total. The molecule has 7 heteroatoms. The zero-order valence-corrected chi connectivity index (χ0v) is 18.8. The number of rotatable bonds is 4. The van der Waals surface area contributed by atoms with Crippen LogP contribution in [0.3, 0.4) is 0 Å². The van der Waals surface area contributed by atoms with Gasteiger partial charge in [-0.2, -0.15) is 0 Å². The number of benzene rings is 2. The second-order valence-electron chi connectivity index (χ2n) is 7.38. The molecule has 1 fully saturated rings. The summed E-state index contributed by atoms with van der Waals surface area (Å²) in [7, 11) is 1.08. The largest absolute Gasteiger partial charge is 0.388 e. The molecule has 0 saturated carbocycles. The fraction of sp³-hybridized carbons (Fsp3) is 0.160. The first-order valence-electron chi connectivity index (χ1n) is 10.3. The Morgan fingerprint density at radius 1 is 1.06 bits per heavy atom. The highest BCUT2D eigenvalue weighted by Crippen LogP contribution is 2.26. The first-order chi connectivity index (χ1) is 15.6. The van der Waals surface area contributed by atoms with Crippen molar-refractivity contribution in [2.45, 2.75) is 6.92 Å². The van der Waals surface area contributed by atoms with Crippen LogP contribution in [0.15, 0.2) is 73.1 Å². The number of pyridine rings is 2. The quantitative estimate of drug-likeness (QED) is 0.465. The van der Waals surface area contributed by atoms with E-state index in [1.807, 2.05) is 41.8 Å². The second-order valence-corrected chi connectivity index (χ2v) is 8.87. The number of hydrogen-bond acceptors (Lipinski definition) is 5. The van der Waals surface area contributed by atoms with Crippen molar-refractivity contribution in [2.24, 2.45) is 0 Å². The molecule has 2 aromatic carbocycles. The Labute approximate surface area is 189 Å². The molecule has 1 saturated heterocycles. The smallest absolute Gasteiger partial charge is 0.150 e. The molecule has 1 unspecified atom stereocenters. The molecule has 4 aromatic rings. The third kappa shape index (κ3) is 4.68. The van der Waals surface area contributed by atoms with Crippen molar-refractivity contribution in [3.63, 3.8) is 0 Å². The predicted octanol–water partition coefficient (Wildman–Crippen LogP) is 4.63. The van der Waals surface area contributed by atoms with Gasteiger partial charge in [-0.05, 0) is 67.1 Å². The van der Waals surface area contributed by atoms with Crippen LogP contribution in [0.5, 0.6) is 0 Å². The number of carbonyl (C=O) groups is 1. The van der Waals surface area contributed by atoms with Gasteiger partial charge in [0.05, 0.1) is 17.0 Å². The van der Waals surface area contributed by atoms with E-state index in [-0.39, 0.29) is 0 Å². The van der Waals surface area contributed by atoms with E-state index in [0.717, 1.165) is 52.1 Å². The van der Waals surface area contributed by atoms with Crippen LogP contribution < -0.4 is 9.62 Å². The van der Waals surface area contributed by atoms with Crippen LogP contribution in [0, 0.1) is 6.92 Å². The maximum Gasteiger partial charge on any atom is 0.150 e. The van der Waals surface area contributed by atoms with Gasteiger partial charge in [0.1, 0.15) is 17.3 Å². The summed E-state index contributed by atoms with van der Waals surface area (Å²) in [5.41, 5.74) is 7.02. The lowest BCUT2D eigenvalue weighted by molar-refractivity contribution is 0.112. The molecule has 0 spiro atoms. The molecule has 6 nitrogen and oxygen atoms in total. The first kappa shape index (κ1) is 21.6. The minimum absolute atomic E-state index is 0.648. The Kier molecular flexibility index (Phi) is 6.56. The number of aromatic nitrogens is 2. The van der Waals surface area contributed by atoms with Crippen LogP contribution in [-0.4, -0.2) is 39.8 Å². The van der Waals surface area contributed by atoms with Crippen molar-refractivity contribution >= 4 is 39.5 Å². The monoisotopic (exact) mass is 444 g/mol. The SMILES string of the molecule is CNc1ccc(C)c(-c2ccc3cnccc3n2)c1.O=Cc1ccc(N2CCS2=O)cc1. The van der Waals surface area contributed by atoms with Crippen molar-refractivity contribution in [3.05, 3.63) is 84.2 Å². The van der Waals surface area contributed by atoms with Crippen LogP contribution >= 0.6 is 0 Å². The highest BCUT2D eigenvalue weighted by Gasteiger charge is 2.23. The van der Waals surface area contributed by atoms with Gasteiger partial charge in [0.25, 0.3) is 0 Å². The fourth-order valence-electron chi connectivity index (χ4n) is 3.39. The average Bonchev–Trinajstić information content (AvgIpc) is 2.84. The number of aldehydes is 1. The number of hydrogen-bond donors (Lipinski definition) is 1. The van der Waals surface area contributed by atoms with Gasteiger partial charge in [0.2, 0.25) is 0 Å². The van der Waals surface area contributed by atoms with E-state index in [1.165, 1.54) is 5.56 Å². The molecule has 5 rings (SSSR count). The molecule has 0 radical (unpaired) electrons. The van der Waals surface area contributed by atoms with E-state index in [0.29, 0.717) is 5.56 Å². The van der Waals surface area contributed by atoms with Crippen LogP contribution in [0.2, 0.25) is 0 Å². The molecule has 2 aromatic heterocycles. The minimum Gasteiger partial charge on any atom is -0.388 e. The maximum atomic E-state index is 11.2. The molecule has 3 heterocycles. The normalized spacial score (nSPS) is 14.8. The number of nitrogens with zero attached hydrogens (tertiary/aromatic N) is 3. The zero-order chi connectivity index (χ0) is 22.5. The topological polar surface area (TPSA) is 75.2 Å². The standard InChI is InChI=1S/C16H15N3.C9H9NO2S/c1-11-3-5-13(17-2)9-14(11)16-6-4-12-10-18-8-7-15(12)19-16;11-7-8-1-3-9(4-2-8)10-5-6-13(10)12/h3-10,17H,1-2H3;1-4,7H,5-6H2. The Morgan fingerprint density at radius 2 is 1.88 bits per heavy atom. The van der Waals surface area contributed by atoms with Crippen LogP contribution in [0.25, 0.3) is 22.2 Å². The summed E-state index contributed by atoms with van der Waals surface area (Å²) >= 11 is 0. The third-order valence-corrected chi connectivity index (χ3v) is 6.74. The van der Waals surface area contributed by atoms with Crippen molar-refractivity contribution in [2.75, 3.05) is 29.0 Å². The number of aryl methyl sites for hydroxylation is 1. The summed E-state index contributed by atoms with van der Waals surface area (Å²) in [5.74, 6) is 0.745. The molecule has 162 valence electrons. The Hall–Kier alpha value is -3.58. The minimum atomic E-state index is -0.844. The van der Waals surface area contributed by atoms with Crippen LogP contribution in [0.4, 0.5) is 11.4 Å². The summed E-state index contributed by atoms with van der Waals surface area (Å²) in [6.45, 7) is 2.94. The van der Waals surface area contributed by atoms with E-state index < -0.39 is 11.0 Å². The number of carbonyl (C=O) groups excluding carboxylic acids is 1. The number of anilines is 2. The molecule has 1 aliphatic heterocycles. The Morgan fingerprint density at radius 3 is 2.53 bits per heavy atom. The van der Waals surface area contributed by atoms with Crippen LogP contribution in [-0.2, 0) is 11.0 Å². The molecule has 32 heavy (non-hydrogen) atoms. The molecular formula is C25H24N4O2S. The van der Waals surface area contributed by atoms with Gasteiger partial charge in [-0.3, -0.25) is 14.1 Å². The highest BCUT2D eigenvalue weighted by atomic mass is 32.2. The number of fused-ring (bicyclic) bond motifs is 1. The van der Waals surface area contributed by atoms with Gasteiger partial charge in [-0.1, -0.05) is 6.07 Å². The summed E-state index contributed by atoms with van der Waals surface area (Å²) in [4.78, 5) is 19.2. The fourth-order valence-corrected chi connectivity index (χ4v) is 4.26. The zero-order valence-electron chi connectivity index (χ0n) is 18.0. The van der Waals surface area contributed by atoms with Gasteiger partial charge in [-0.25, -0.2) is 9.19 Å². The molecule has 0 amide bonds. The van der Waals surface area contributed by atoms with Gasteiger partial charge >= 0.3 is 0 Å². The summed E-state index contributed by atoms with van der Waals surface area (Å²) in [6.07, 6.45) is 4.41. The van der Waals surface area contributed by atoms with Gasteiger partial charge in [-0.15, -0.1) is 0 Å². The Bertz CT molecular complexity index is 1270. The van der Waals surface area contributed by atoms with E-state index >= 15 is 0 Å². The van der Waals surface area contributed by atoms with Gasteiger partial charge in [0.15, 0.2) is 0 Å². The molecule has 0 aliphatic carbocycles. The van der Waals surface area contributed by atoms with Crippen molar-refractivity contribution < 1.29 is 9.00 Å². The van der Waals surface area contributed by atoms with Crippen molar-refractivity contribution in [3.8, 4) is 11.3 Å². The summed E-state index contributed by atoms with van der Waals surface area (Å²) < 4.78 is 13.0. The van der Waals surface area contributed by atoms with E-state index in [4.69, 9.17) is 4.98 Å². The second kappa shape index (κ2) is 9.70. The first-order valence-corrected chi connectivity index (χ1v) is 11.6. The average molecular weight is 445 g/mol. The Balaban J connectivity index is 0.000000165. The van der Waals surface area contributed by atoms with Crippen molar-refractivity contribution in [1.82, 2.24) is 9.97 Å². The van der Waals surface area contributed by atoms with Crippen LogP contribution in [0.1, 0.15) is 15.9 Å². The lowest BCUT2D eigenvalue weighted by Crippen LogP contribution is -2.42. The summed E-state index contributed by atoms with van der Waals surface area (Å²) in [5, 5.41) is 4.23. The lowest BCUT2D eigenvalue weighted by atomic mass is 10.0. The molecular weight excluding hydrogens is 420 g/mol. The predicted molar refractivity (Wildman–Crippen MR) is 131 cm³/mol. The van der Waals surface area contributed by atoms with Crippen molar-refractivity contribution in [1.29, 1.82) is 0 Å². The van der Waals surface area contributed by atoms with E-state index in [9.17, 15) is 9.00 Å².